The number of anilines is 1. The van der Waals surface area contributed by atoms with E-state index in [1.807, 2.05) is 36.4 Å². The van der Waals surface area contributed by atoms with Crippen LogP contribution >= 0.6 is 0 Å². The van der Waals surface area contributed by atoms with Gasteiger partial charge in [-0.3, -0.25) is 4.79 Å². The number of carbonyl (C=O) groups is 1. The highest BCUT2D eigenvalue weighted by Gasteiger charge is 1.98. The molecule has 2 rings (SSSR count). The molecule has 0 aromatic heterocycles. The Kier molecular flexibility index (Phi) is 6.01. The summed E-state index contributed by atoms with van der Waals surface area (Å²) in [4.78, 5) is 11.2. The summed E-state index contributed by atoms with van der Waals surface area (Å²) in [5.74, 6) is 1.03. The Hall–Kier alpha value is -2.29. The third-order valence-corrected chi connectivity index (χ3v) is 3.48. The first-order valence-electron chi connectivity index (χ1n) is 7.69. The van der Waals surface area contributed by atoms with Crippen LogP contribution in [0.3, 0.4) is 0 Å². The van der Waals surface area contributed by atoms with Crippen LogP contribution in [-0.4, -0.2) is 18.9 Å². The number of nitrogens with one attached hydrogen (secondary N) is 1. The van der Waals surface area contributed by atoms with Crippen molar-refractivity contribution in [1.82, 2.24) is 0 Å². The third-order valence-electron chi connectivity index (χ3n) is 3.48. The molecule has 3 nitrogen and oxygen atoms in total. The van der Waals surface area contributed by atoms with Gasteiger partial charge in [0.2, 0.25) is 0 Å². The quantitative estimate of drug-likeness (QED) is 0.577. The van der Waals surface area contributed by atoms with Crippen molar-refractivity contribution in [2.45, 2.75) is 26.7 Å². The van der Waals surface area contributed by atoms with Gasteiger partial charge in [-0.2, -0.15) is 0 Å². The van der Waals surface area contributed by atoms with Crippen LogP contribution in [0.5, 0.6) is 5.75 Å². The molecule has 0 atom stereocenters. The summed E-state index contributed by atoms with van der Waals surface area (Å²) in [7, 11) is 0. The van der Waals surface area contributed by atoms with Gasteiger partial charge in [-0.05, 0) is 63.1 Å². The fourth-order valence-electron chi connectivity index (χ4n) is 2.11. The number of Topliss-reactive ketones (excluding diaryl/α,β-unsaturated/α-hetero) is 1. The fraction of sp³-hybridized carbons (Fsp3) is 0.316. The Morgan fingerprint density at radius 3 is 2.32 bits per heavy atom. The summed E-state index contributed by atoms with van der Waals surface area (Å²) in [5, 5.41) is 3.35. The normalized spacial score (nSPS) is 10.3. The monoisotopic (exact) mass is 297 g/mol. The molecule has 0 spiro atoms. The molecule has 3 heteroatoms. The van der Waals surface area contributed by atoms with E-state index >= 15 is 0 Å². The van der Waals surface area contributed by atoms with E-state index in [2.05, 4.69) is 24.4 Å². The minimum absolute atomic E-state index is 0.0970. The molecule has 0 heterocycles. The van der Waals surface area contributed by atoms with E-state index in [1.165, 1.54) is 5.56 Å². The molecular formula is C19H23NO2. The maximum absolute atomic E-state index is 11.2. The van der Waals surface area contributed by atoms with Crippen molar-refractivity contribution in [3.05, 3.63) is 59.7 Å². The predicted molar refractivity (Wildman–Crippen MR) is 90.8 cm³/mol. The number of carbonyl (C=O) groups excluding carboxylic acids is 1. The van der Waals surface area contributed by atoms with Gasteiger partial charge in [-0.25, -0.2) is 0 Å². The van der Waals surface area contributed by atoms with E-state index in [9.17, 15) is 4.79 Å². The molecule has 0 fully saturated rings. The second-order valence-electron chi connectivity index (χ2n) is 5.43. The average Bonchev–Trinajstić information content (AvgIpc) is 2.53. The number of rotatable bonds is 8. The summed E-state index contributed by atoms with van der Waals surface area (Å²) < 4.78 is 5.69. The van der Waals surface area contributed by atoms with E-state index in [1.54, 1.807) is 6.92 Å². The Bertz CT molecular complexity index is 588. The van der Waals surface area contributed by atoms with E-state index in [0.717, 1.165) is 43.0 Å². The number of benzene rings is 2. The minimum Gasteiger partial charge on any atom is -0.494 e. The van der Waals surface area contributed by atoms with Gasteiger partial charge in [0.05, 0.1) is 6.61 Å². The highest BCUT2D eigenvalue weighted by molar-refractivity contribution is 5.94. The lowest BCUT2D eigenvalue weighted by Gasteiger charge is -2.08. The van der Waals surface area contributed by atoms with Gasteiger partial charge in [-0.15, -0.1) is 0 Å². The zero-order valence-corrected chi connectivity index (χ0v) is 13.3. The van der Waals surface area contributed by atoms with Crippen LogP contribution in [0, 0.1) is 6.92 Å². The molecule has 0 amide bonds. The van der Waals surface area contributed by atoms with Crippen molar-refractivity contribution in [3.63, 3.8) is 0 Å². The summed E-state index contributed by atoms with van der Waals surface area (Å²) in [5.41, 5.74) is 3.04. The van der Waals surface area contributed by atoms with Crippen molar-refractivity contribution < 1.29 is 9.53 Å². The molecular weight excluding hydrogens is 274 g/mol. The van der Waals surface area contributed by atoms with Crippen molar-refractivity contribution in [2.75, 3.05) is 18.5 Å². The van der Waals surface area contributed by atoms with Crippen LogP contribution in [0.1, 0.15) is 35.7 Å². The average molecular weight is 297 g/mol. The summed E-state index contributed by atoms with van der Waals surface area (Å²) in [6, 6.07) is 15.7. The predicted octanol–water partition coefficient (Wildman–Crippen LogP) is 4.47. The van der Waals surface area contributed by atoms with Crippen LogP contribution < -0.4 is 10.1 Å². The van der Waals surface area contributed by atoms with Crippen LogP contribution in [-0.2, 0) is 0 Å². The summed E-state index contributed by atoms with van der Waals surface area (Å²) in [6.45, 7) is 5.28. The second kappa shape index (κ2) is 8.23. The Morgan fingerprint density at radius 2 is 1.68 bits per heavy atom. The van der Waals surface area contributed by atoms with Gasteiger partial charge in [0.1, 0.15) is 5.75 Å². The Labute approximate surface area is 132 Å². The zero-order chi connectivity index (χ0) is 15.8. The van der Waals surface area contributed by atoms with Crippen molar-refractivity contribution >= 4 is 11.5 Å². The molecule has 116 valence electrons. The van der Waals surface area contributed by atoms with E-state index in [4.69, 9.17) is 4.74 Å². The molecule has 0 saturated heterocycles. The molecule has 22 heavy (non-hydrogen) atoms. The number of hydrogen-bond acceptors (Lipinski definition) is 3. The standard InChI is InChI=1S/C19H23NO2/c1-15-5-11-19(12-6-15)22-14-4-3-13-20-18-9-7-17(8-10-18)16(2)21/h5-12,20H,3-4,13-14H2,1-2H3. The number of hydrogen-bond donors (Lipinski definition) is 1. The first-order chi connectivity index (χ1) is 10.6. The molecule has 0 bridgehead atoms. The molecule has 0 aliphatic rings. The van der Waals surface area contributed by atoms with Crippen LogP contribution in [0.25, 0.3) is 0 Å². The lowest BCUT2D eigenvalue weighted by atomic mass is 10.1. The second-order valence-corrected chi connectivity index (χ2v) is 5.43. The highest BCUT2D eigenvalue weighted by Crippen LogP contribution is 2.12. The summed E-state index contributed by atoms with van der Waals surface area (Å²) in [6.07, 6.45) is 2.05. The van der Waals surface area contributed by atoms with Crippen molar-refractivity contribution in [3.8, 4) is 5.75 Å². The first kappa shape index (κ1) is 16.1. The maximum atomic E-state index is 11.2. The molecule has 1 N–H and O–H groups in total. The topological polar surface area (TPSA) is 38.3 Å². The molecule has 0 radical (unpaired) electrons. The molecule has 0 unspecified atom stereocenters. The van der Waals surface area contributed by atoms with E-state index in [0.29, 0.717) is 0 Å². The SMILES string of the molecule is CC(=O)c1ccc(NCCCCOc2ccc(C)cc2)cc1. The van der Waals surface area contributed by atoms with E-state index < -0.39 is 0 Å². The molecule has 2 aromatic carbocycles. The smallest absolute Gasteiger partial charge is 0.159 e. The van der Waals surface area contributed by atoms with E-state index in [-0.39, 0.29) is 5.78 Å². The van der Waals surface area contributed by atoms with Crippen molar-refractivity contribution in [1.29, 1.82) is 0 Å². The van der Waals surface area contributed by atoms with Gasteiger partial charge >= 0.3 is 0 Å². The lowest BCUT2D eigenvalue weighted by Crippen LogP contribution is -2.05. The number of ketones is 1. The van der Waals surface area contributed by atoms with Crippen molar-refractivity contribution in [2.24, 2.45) is 0 Å². The molecule has 0 aliphatic heterocycles. The number of aryl methyl sites for hydroxylation is 1. The zero-order valence-electron chi connectivity index (χ0n) is 13.3. The minimum atomic E-state index is 0.0970. The van der Waals surface area contributed by atoms with Crippen LogP contribution in [0.15, 0.2) is 48.5 Å². The lowest BCUT2D eigenvalue weighted by molar-refractivity contribution is 0.101. The Morgan fingerprint density at radius 1 is 1.00 bits per heavy atom. The Balaban J connectivity index is 1.61. The highest BCUT2D eigenvalue weighted by atomic mass is 16.5. The van der Waals surface area contributed by atoms with Gasteiger partial charge in [0.15, 0.2) is 5.78 Å². The number of ether oxygens (including phenoxy) is 1. The summed E-state index contributed by atoms with van der Waals surface area (Å²) >= 11 is 0. The van der Waals surface area contributed by atoms with Gasteiger partial charge in [0, 0.05) is 17.8 Å². The molecule has 0 aliphatic carbocycles. The van der Waals surface area contributed by atoms with Crippen LogP contribution in [0.4, 0.5) is 5.69 Å². The third kappa shape index (κ3) is 5.24. The molecule has 2 aromatic rings. The maximum Gasteiger partial charge on any atom is 0.159 e. The van der Waals surface area contributed by atoms with Gasteiger partial charge in [-0.1, -0.05) is 17.7 Å². The van der Waals surface area contributed by atoms with Gasteiger partial charge in [0.25, 0.3) is 0 Å². The first-order valence-corrected chi connectivity index (χ1v) is 7.69. The fourth-order valence-corrected chi connectivity index (χ4v) is 2.11. The largest absolute Gasteiger partial charge is 0.494 e. The van der Waals surface area contributed by atoms with Gasteiger partial charge < -0.3 is 10.1 Å². The number of unbranched alkanes of at least 4 members (excludes halogenated alkanes) is 1. The van der Waals surface area contributed by atoms with Crippen LogP contribution in [0.2, 0.25) is 0 Å². The molecule has 0 saturated carbocycles.